The second kappa shape index (κ2) is 9.26. The molecule has 2 aromatic carbocycles. The number of nitrogens with one attached hydrogen (secondary N) is 1. The number of rotatable bonds is 6. The Balaban J connectivity index is 1.40. The van der Waals surface area contributed by atoms with Crippen LogP contribution in [-0.2, 0) is 22.5 Å². The van der Waals surface area contributed by atoms with E-state index in [1.807, 2.05) is 17.5 Å². The average Bonchev–Trinajstić information content (AvgIpc) is 3.19. The van der Waals surface area contributed by atoms with E-state index in [4.69, 9.17) is 4.74 Å². The van der Waals surface area contributed by atoms with Crippen LogP contribution in [0.5, 0.6) is 0 Å². The van der Waals surface area contributed by atoms with E-state index in [1.165, 1.54) is 23.0 Å². The Morgan fingerprint density at radius 1 is 1.17 bits per heavy atom. The van der Waals surface area contributed by atoms with Crippen molar-refractivity contribution in [2.24, 2.45) is 0 Å². The summed E-state index contributed by atoms with van der Waals surface area (Å²) in [6.45, 7) is 4.35. The Kier molecular flexibility index (Phi) is 6.29. The summed E-state index contributed by atoms with van der Waals surface area (Å²) in [5, 5.41) is 5.35. The molecule has 1 saturated heterocycles. The molecule has 3 aromatic rings. The maximum atomic E-state index is 13.7. The number of carbonyl (C=O) groups excluding carboxylic acids is 1. The largest absolute Gasteiger partial charge is 0.379 e. The first-order chi connectivity index (χ1) is 14.2. The molecule has 0 aliphatic carbocycles. The van der Waals surface area contributed by atoms with Crippen LogP contribution in [0.15, 0.2) is 53.9 Å². The highest BCUT2D eigenvalue weighted by atomic mass is 32.1. The van der Waals surface area contributed by atoms with Crippen molar-refractivity contribution < 1.29 is 13.9 Å². The number of anilines is 1. The second-order valence-corrected chi connectivity index (χ2v) is 7.80. The fourth-order valence-corrected chi connectivity index (χ4v) is 4.08. The third-order valence-electron chi connectivity index (χ3n) is 4.73. The van der Waals surface area contributed by atoms with Gasteiger partial charge >= 0.3 is 0 Å². The van der Waals surface area contributed by atoms with E-state index in [2.05, 4.69) is 27.3 Å². The molecule has 1 N–H and O–H groups in total. The summed E-state index contributed by atoms with van der Waals surface area (Å²) < 4.78 is 19.1. The van der Waals surface area contributed by atoms with Crippen LogP contribution in [-0.4, -0.2) is 42.1 Å². The summed E-state index contributed by atoms with van der Waals surface area (Å²) in [6.07, 6.45) is 0.109. The highest BCUT2D eigenvalue weighted by Gasteiger charge is 2.13. The molecule has 0 saturated carbocycles. The molecule has 29 heavy (non-hydrogen) atoms. The minimum atomic E-state index is -0.447. The second-order valence-electron chi connectivity index (χ2n) is 6.94. The number of nitrogens with zero attached hydrogens (tertiary/aromatic N) is 2. The Hall–Kier alpha value is -2.61. The van der Waals surface area contributed by atoms with Gasteiger partial charge in [0.1, 0.15) is 10.8 Å². The van der Waals surface area contributed by atoms with E-state index in [9.17, 15) is 9.18 Å². The average molecular weight is 412 g/mol. The van der Waals surface area contributed by atoms with Gasteiger partial charge in [-0.1, -0.05) is 30.3 Å². The lowest BCUT2D eigenvalue weighted by molar-refractivity contribution is -0.115. The van der Waals surface area contributed by atoms with Crippen LogP contribution in [0.2, 0.25) is 0 Å². The van der Waals surface area contributed by atoms with Crippen LogP contribution in [0.3, 0.4) is 0 Å². The predicted molar refractivity (Wildman–Crippen MR) is 112 cm³/mol. The minimum Gasteiger partial charge on any atom is -0.379 e. The summed E-state index contributed by atoms with van der Waals surface area (Å²) in [6, 6.07) is 14.5. The zero-order valence-electron chi connectivity index (χ0n) is 15.9. The Morgan fingerprint density at radius 3 is 2.83 bits per heavy atom. The summed E-state index contributed by atoms with van der Waals surface area (Å²) in [5.41, 5.74) is 3.14. The van der Waals surface area contributed by atoms with Gasteiger partial charge in [-0.05, 0) is 23.8 Å². The molecule has 1 aliphatic rings. The number of thiazole rings is 1. The summed E-state index contributed by atoms with van der Waals surface area (Å²) >= 11 is 1.51. The summed E-state index contributed by atoms with van der Waals surface area (Å²) in [7, 11) is 0. The third-order valence-corrected chi connectivity index (χ3v) is 5.67. The van der Waals surface area contributed by atoms with E-state index in [0.29, 0.717) is 5.69 Å². The summed E-state index contributed by atoms with van der Waals surface area (Å²) in [4.78, 5) is 19.2. The van der Waals surface area contributed by atoms with Crippen LogP contribution in [0.1, 0.15) is 11.3 Å². The van der Waals surface area contributed by atoms with Crippen LogP contribution >= 0.6 is 11.3 Å². The number of benzene rings is 2. The maximum Gasteiger partial charge on any atom is 0.230 e. The van der Waals surface area contributed by atoms with Gasteiger partial charge in [0, 0.05) is 30.6 Å². The first-order valence-corrected chi connectivity index (χ1v) is 10.4. The van der Waals surface area contributed by atoms with Gasteiger partial charge in [-0.3, -0.25) is 9.69 Å². The van der Waals surface area contributed by atoms with E-state index in [-0.39, 0.29) is 18.0 Å². The fourth-order valence-electron chi connectivity index (χ4n) is 3.26. The monoisotopic (exact) mass is 411 g/mol. The number of aromatic nitrogens is 1. The standard InChI is InChI=1S/C22H22FN3O2S/c23-19-6-1-2-7-20(19)25-21(27)13-18-15-29-22(24-18)17-5-3-4-16(12-17)14-26-8-10-28-11-9-26/h1-7,12,15H,8-11,13-14H2,(H,25,27). The van der Waals surface area contributed by atoms with E-state index >= 15 is 0 Å². The maximum absolute atomic E-state index is 13.7. The Labute approximate surface area is 173 Å². The molecule has 0 atom stereocenters. The van der Waals surface area contributed by atoms with Crippen LogP contribution < -0.4 is 5.32 Å². The molecule has 4 rings (SSSR count). The van der Waals surface area contributed by atoms with Gasteiger partial charge in [-0.15, -0.1) is 11.3 Å². The van der Waals surface area contributed by atoms with Gasteiger partial charge in [0.2, 0.25) is 5.91 Å². The van der Waals surface area contributed by atoms with Crippen LogP contribution in [0.4, 0.5) is 10.1 Å². The first kappa shape index (κ1) is 19.7. The lowest BCUT2D eigenvalue weighted by atomic mass is 10.1. The molecule has 7 heteroatoms. The molecule has 2 heterocycles. The molecular formula is C22H22FN3O2S. The molecule has 1 fully saturated rings. The van der Waals surface area contributed by atoms with Crippen molar-refractivity contribution in [1.29, 1.82) is 0 Å². The van der Waals surface area contributed by atoms with Gasteiger partial charge in [-0.2, -0.15) is 0 Å². The smallest absolute Gasteiger partial charge is 0.230 e. The quantitative estimate of drug-likeness (QED) is 0.667. The zero-order valence-corrected chi connectivity index (χ0v) is 16.8. The van der Waals surface area contributed by atoms with E-state index in [1.54, 1.807) is 18.2 Å². The van der Waals surface area contributed by atoms with E-state index < -0.39 is 5.82 Å². The van der Waals surface area contributed by atoms with Crippen molar-refractivity contribution >= 4 is 22.9 Å². The van der Waals surface area contributed by atoms with Crippen molar-refractivity contribution in [2.45, 2.75) is 13.0 Å². The number of halogens is 1. The summed E-state index contributed by atoms with van der Waals surface area (Å²) in [5.74, 6) is -0.732. The highest BCUT2D eigenvalue weighted by molar-refractivity contribution is 7.13. The number of amides is 1. The molecular weight excluding hydrogens is 389 g/mol. The Bertz CT molecular complexity index is 985. The molecule has 1 amide bonds. The molecule has 0 bridgehead atoms. The molecule has 1 aliphatic heterocycles. The number of carbonyl (C=O) groups is 1. The SMILES string of the molecule is O=C(Cc1csc(-c2cccc(CN3CCOCC3)c2)n1)Nc1ccccc1F. The molecule has 0 radical (unpaired) electrons. The third kappa shape index (κ3) is 5.26. The number of ether oxygens (including phenoxy) is 1. The molecule has 150 valence electrons. The first-order valence-electron chi connectivity index (χ1n) is 9.55. The molecule has 5 nitrogen and oxygen atoms in total. The number of hydrogen-bond acceptors (Lipinski definition) is 5. The molecule has 0 unspecified atom stereocenters. The van der Waals surface area contributed by atoms with Gasteiger partial charge in [0.15, 0.2) is 0 Å². The predicted octanol–water partition coefficient (Wildman–Crippen LogP) is 3.96. The van der Waals surface area contributed by atoms with Crippen molar-refractivity contribution in [3.63, 3.8) is 0 Å². The minimum absolute atomic E-state index is 0.109. The molecule has 0 spiro atoms. The van der Waals surface area contributed by atoms with E-state index in [0.717, 1.165) is 43.4 Å². The number of hydrogen-bond donors (Lipinski definition) is 1. The topological polar surface area (TPSA) is 54.5 Å². The van der Waals surface area contributed by atoms with Gasteiger partial charge in [0.05, 0.1) is 31.0 Å². The fraction of sp³-hybridized carbons (Fsp3) is 0.273. The normalized spacial score (nSPS) is 14.7. The van der Waals surface area contributed by atoms with Crippen LogP contribution in [0, 0.1) is 5.82 Å². The van der Waals surface area contributed by atoms with Gasteiger partial charge < -0.3 is 10.1 Å². The number of para-hydroxylation sites is 1. The lowest BCUT2D eigenvalue weighted by Gasteiger charge is -2.26. The zero-order chi connectivity index (χ0) is 20.1. The highest BCUT2D eigenvalue weighted by Crippen LogP contribution is 2.25. The van der Waals surface area contributed by atoms with Gasteiger partial charge in [0.25, 0.3) is 0 Å². The van der Waals surface area contributed by atoms with Crippen molar-refractivity contribution in [3.05, 3.63) is 71.0 Å². The lowest BCUT2D eigenvalue weighted by Crippen LogP contribution is -2.35. The van der Waals surface area contributed by atoms with Crippen molar-refractivity contribution in [2.75, 3.05) is 31.6 Å². The number of morpholine rings is 1. The van der Waals surface area contributed by atoms with Crippen molar-refractivity contribution in [1.82, 2.24) is 9.88 Å². The van der Waals surface area contributed by atoms with Crippen LogP contribution in [0.25, 0.3) is 10.6 Å². The Morgan fingerprint density at radius 2 is 2.00 bits per heavy atom. The molecule has 1 aromatic heterocycles. The van der Waals surface area contributed by atoms with Crippen molar-refractivity contribution in [3.8, 4) is 10.6 Å². The van der Waals surface area contributed by atoms with Gasteiger partial charge in [-0.25, -0.2) is 9.37 Å².